The Kier molecular flexibility index (Phi) is 3.62. The van der Waals surface area contributed by atoms with Crippen LogP contribution in [0.1, 0.15) is 30.0 Å². The van der Waals surface area contributed by atoms with Gasteiger partial charge < -0.3 is 15.0 Å². The van der Waals surface area contributed by atoms with Crippen molar-refractivity contribution in [1.82, 2.24) is 5.16 Å². The molecule has 0 saturated heterocycles. The molecule has 1 heterocycles. The summed E-state index contributed by atoms with van der Waals surface area (Å²) in [5.74, 6) is 0.450. The zero-order valence-electron chi connectivity index (χ0n) is 10.3. The van der Waals surface area contributed by atoms with Gasteiger partial charge in [0.1, 0.15) is 18.1 Å². The maximum Gasteiger partial charge on any atom is 0.165 e. The first kappa shape index (κ1) is 12.6. The second-order valence-corrected chi connectivity index (χ2v) is 4.20. The topological polar surface area (TPSA) is 61.3 Å². The molecule has 2 N–H and O–H groups in total. The van der Waals surface area contributed by atoms with E-state index in [4.69, 9.17) is 15.0 Å². The van der Waals surface area contributed by atoms with Crippen LogP contribution in [0.25, 0.3) is 0 Å². The number of benzene rings is 1. The molecule has 0 fully saturated rings. The molecule has 2 aromatic rings. The fourth-order valence-electron chi connectivity index (χ4n) is 1.56. The first-order chi connectivity index (χ1) is 8.56. The maximum atomic E-state index is 13.7. The number of aryl methyl sites for hydroxylation is 1. The molecule has 0 saturated carbocycles. The van der Waals surface area contributed by atoms with Crippen LogP contribution in [-0.2, 0) is 6.61 Å². The molecule has 2 rings (SSSR count). The summed E-state index contributed by atoms with van der Waals surface area (Å²) in [4.78, 5) is 0. The number of aromatic nitrogens is 1. The number of halogens is 1. The van der Waals surface area contributed by atoms with Crippen molar-refractivity contribution >= 4 is 0 Å². The van der Waals surface area contributed by atoms with Gasteiger partial charge in [-0.3, -0.25) is 0 Å². The predicted molar refractivity (Wildman–Crippen MR) is 64.6 cm³/mol. The fraction of sp³-hybridized carbons (Fsp3) is 0.308. The van der Waals surface area contributed by atoms with Crippen LogP contribution in [-0.4, -0.2) is 5.16 Å². The summed E-state index contributed by atoms with van der Waals surface area (Å²) in [7, 11) is 0. The van der Waals surface area contributed by atoms with E-state index >= 15 is 0 Å². The van der Waals surface area contributed by atoms with Gasteiger partial charge in [-0.05, 0) is 31.5 Å². The van der Waals surface area contributed by atoms with E-state index in [2.05, 4.69) is 5.16 Å². The van der Waals surface area contributed by atoms with E-state index in [-0.39, 0.29) is 18.4 Å². The summed E-state index contributed by atoms with van der Waals surface area (Å²) in [6, 6.07) is 6.24. The SMILES string of the molecule is Cc1cc(COc2ccc([C@H](C)N)cc2F)no1. The molecule has 0 aliphatic heterocycles. The molecule has 4 nitrogen and oxygen atoms in total. The van der Waals surface area contributed by atoms with Crippen molar-refractivity contribution in [3.63, 3.8) is 0 Å². The van der Waals surface area contributed by atoms with E-state index in [1.807, 2.05) is 0 Å². The minimum atomic E-state index is -0.426. The molecular formula is C13H15FN2O2. The van der Waals surface area contributed by atoms with Gasteiger partial charge in [-0.2, -0.15) is 0 Å². The minimum Gasteiger partial charge on any atom is -0.484 e. The normalized spacial score (nSPS) is 12.4. The lowest BCUT2D eigenvalue weighted by Gasteiger charge is -2.09. The highest BCUT2D eigenvalue weighted by Crippen LogP contribution is 2.22. The number of rotatable bonds is 4. The monoisotopic (exact) mass is 250 g/mol. The second kappa shape index (κ2) is 5.18. The summed E-state index contributed by atoms with van der Waals surface area (Å²) in [6.07, 6.45) is 0. The lowest BCUT2D eigenvalue weighted by molar-refractivity contribution is 0.275. The molecule has 0 unspecified atom stereocenters. The van der Waals surface area contributed by atoms with Gasteiger partial charge in [-0.1, -0.05) is 11.2 Å². The quantitative estimate of drug-likeness (QED) is 0.906. The average molecular weight is 250 g/mol. The van der Waals surface area contributed by atoms with Crippen LogP contribution >= 0.6 is 0 Å². The Balaban J connectivity index is 2.05. The number of nitrogens with zero attached hydrogens (tertiary/aromatic N) is 1. The van der Waals surface area contributed by atoms with Crippen LogP contribution in [0.5, 0.6) is 5.75 Å². The van der Waals surface area contributed by atoms with Gasteiger partial charge >= 0.3 is 0 Å². The molecule has 1 atom stereocenters. The summed E-state index contributed by atoms with van der Waals surface area (Å²) < 4.78 is 23.9. The number of nitrogens with two attached hydrogens (primary N) is 1. The molecule has 0 aliphatic rings. The zero-order chi connectivity index (χ0) is 13.1. The van der Waals surface area contributed by atoms with E-state index in [0.717, 1.165) is 5.56 Å². The molecule has 18 heavy (non-hydrogen) atoms. The van der Waals surface area contributed by atoms with E-state index in [9.17, 15) is 4.39 Å². The summed E-state index contributed by atoms with van der Waals surface area (Å²) in [5.41, 5.74) is 7.03. The second-order valence-electron chi connectivity index (χ2n) is 4.20. The summed E-state index contributed by atoms with van der Waals surface area (Å²) in [6.45, 7) is 3.76. The van der Waals surface area contributed by atoms with E-state index in [0.29, 0.717) is 11.5 Å². The van der Waals surface area contributed by atoms with Crippen LogP contribution in [0.15, 0.2) is 28.8 Å². The zero-order valence-corrected chi connectivity index (χ0v) is 10.3. The Morgan fingerprint density at radius 1 is 1.44 bits per heavy atom. The number of hydrogen-bond acceptors (Lipinski definition) is 4. The van der Waals surface area contributed by atoms with Gasteiger partial charge in [-0.15, -0.1) is 0 Å². The summed E-state index contributed by atoms with van der Waals surface area (Å²) >= 11 is 0. The fourth-order valence-corrected chi connectivity index (χ4v) is 1.56. The van der Waals surface area contributed by atoms with Crippen molar-refractivity contribution in [2.24, 2.45) is 5.73 Å². The van der Waals surface area contributed by atoms with Crippen LogP contribution < -0.4 is 10.5 Å². The third-order valence-corrected chi connectivity index (χ3v) is 2.53. The third kappa shape index (κ3) is 2.87. The molecule has 0 bridgehead atoms. The molecule has 1 aromatic heterocycles. The summed E-state index contributed by atoms with van der Waals surface area (Å²) in [5, 5.41) is 3.76. The lowest BCUT2D eigenvalue weighted by atomic mass is 10.1. The Labute approximate surface area is 105 Å². The molecule has 0 amide bonds. The Morgan fingerprint density at radius 2 is 2.22 bits per heavy atom. The van der Waals surface area contributed by atoms with Gasteiger partial charge in [-0.25, -0.2) is 4.39 Å². The molecule has 0 aliphatic carbocycles. The molecule has 0 spiro atoms. The average Bonchev–Trinajstić information content (AvgIpc) is 2.73. The first-order valence-electron chi connectivity index (χ1n) is 5.66. The molecular weight excluding hydrogens is 235 g/mol. The van der Waals surface area contributed by atoms with Crippen molar-refractivity contribution in [2.45, 2.75) is 26.5 Å². The first-order valence-corrected chi connectivity index (χ1v) is 5.66. The number of hydrogen-bond donors (Lipinski definition) is 1. The predicted octanol–water partition coefficient (Wildman–Crippen LogP) is 2.72. The lowest BCUT2D eigenvalue weighted by Crippen LogP contribution is -2.06. The Hall–Kier alpha value is -1.88. The van der Waals surface area contributed by atoms with Crippen molar-refractivity contribution in [3.8, 4) is 5.75 Å². The third-order valence-electron chi connectivity index (χ3n) is 2.53. The highest BCUT2D eigenvalue weighted by atomic mass is 19.1. The van der Waals surface area contributed by atoms with Gasteiger partial charge in [0.15, 0.2) is 11.6 Å². The van der Waals surface area contributed by atoms with Gasteiger partial charge in [0.25, 0.3) is 0 Å². The van der Waals surface area contributed by atoms with Crippen molar-refractivity contribution in [2.75, 3.05) is 0 Å². The largest absolute Gasteiger partial charge is 0.484 e. The van der Waals surface area contributed by atoms with Gasteiger partial charge in [0.05, 0.1) is 0 Å². The Bertz CT molecular complexity index is 538. The van der Waals surface area contributed by atoms with E-state index < -0.39 is 5.82 Å². The van der Waals surface area contributed by atoms with Crippen LogP contribution in [0.3, 0.4) is 0 Å². The van der Waals surface area contributed by atoms with E-state index in [1.165, 1.54) is 6.07 Å². The van der Waals surface area contributed by atoms with Gasteiger partial charge in [0.2, 0.25) is 0 Å². The standard InChI is InChI=1S/C13H15FN2O2/c1-8-5-11(16-18-8)7-17-13-4-3-10(9(2)15)6-12(13)14/h3-6,9H,7,15H2,1-2H3/t9-/m0/s1. The van der Waals surface area contributed by atoms with Crippen LogP contribution in [0, 0.1) is 12.7 Å². The smallest absolute Gasteiger partial charge is 0.165 e. The van der Waals surface area contributed by atoms with E-state index in [1.54, 1.807) is 32.0 Å². The molecule has 0 radical (unpaired) electrons. The highest BCUT2D eigenvalue weighted by molar-refractivity contribution is 5.30. The van der Waals surface area contributed by atoms with Crippen molar-refractivity contribution < 1.29 is 13.7 Å². The minimum absolute atomic E-state index is 0.172. The van der Waals surface area contributed by atoms with Crippen LogP contribution in [0.4, 0.5) is 4.39 Å². The molecule has 1 aromatic carbocycles. The molecule has 96 valence electrons. The Morgan fingerprint density at radius 3 is 2.78 bits per heavy atom. The highest BCUT2D eigenvalue weighted by Gasteiger charge is 2.08. The van der Waals surface area contributed by atoms with Crippen LogP contribution in [0.2, 0.25) is 0 Å². The van der Waals surface area contributed by atoms with Crippen molar-refractivity contribution in [1.29, 1.82) is 0 Å². The van der Waals surface area contributed by atoms with Gasteiger partial charge in [0, 0.05) is 12.1 Å². The number of ether oxygens (including phenoxy) is 1. The van der Waals surface area contributed by atoms with Crippen molar-refractivity contribution in [3.05, 3.63) is 47.1 Å². The maximum absolute atomic E-state index is 13.7. The molecule has 5 heteroatoms.